The van der Waals surface area contributed by atoms with Crippen LogP contribution in [0.2, 0.25) is 0 Å². The third-order valence-corrected chi connectivity index (χ3v) is 5.35. The van der Waals surface area contributed by atoms with Crippen LogP contribution in [0, 0.1) is 6.92 Å². The average molecular weight is 292 g/mol. The standard InChI is InChI=1S/C13H11NO2Se/c1-9-4-2-6-11-12(9)17-14(13(11)15)8-10-5-3-7-16-10/h2-7H,8H2,1H3. The molecule has 86 valence electrons. The van der Waals surface area contributed by atoms with E-state index in [4.69, 9.17) is 4.42 Å². The molecule has 0 radical (unpaired) electrons. The van der Waals surface area contributed by atoms with Crippen LogP contribution >= 0.6 is 0 Å². The Morgan fingerprint density at radius 3 is 2.88 bits per heavy atom. The van der Waals surface area contributed by atoms with Crippen LogP contribution in [0.4, 0.5) is 0 Å². The molecule has 0 aliphatic heterocycles. The van der Waals surface area contributed by atoms with Crippen molar-refractivity contribution in [3.63, 3.8) is 0 Å². The Hall–Kier alpha value is -1.51. The molecule has 0 N–H and O–H groups in total. The van der Waals surface area contributed by atoms with Gasteiger partial charge in [-0.05, 0) is 0 Å². The molecule has 0 amide bonds. The number of aromatic nitrogens is 1. The van der Waals surface area contributed by atoms with Crippen molar-refractivity contribution in [1.29, 1.82) is 0 Å². The minimum atomic E-state index is 0.0740. The van der Waals surface area contributed by atoms with E-state index in [-0.39, 0.29) is 20.3 Å². The normalized spacial score (nSPS) is 11.1. The van der Waals surface area contributed by atoms with Crippen molar-refractivity contribution >= 4 is 24.4 Å². The Morgan fingerprint density at radius 2 is 2.18 bits per heavy atom. The van der Waals surface area contributed by atoms with Crippen molar-refractivity contribution in [1.82, 2.24) is 3.56 Å². The molecule has 0 spiro atoms. The molecule has 0 atom stereocenters. The molecule has 0 saturated heterocycles. The van der Waals surface area contributed by atoms with Crippen LogP contribution in [0.5, 0.6) is 0 Å². The summed E-state index contributed by atoms with van der Waals surface area (Å²) >= 11 is 0.0740. The van der Waals surface area contributed by atoms with Crippen molar-refractivity contribution in [3.8, 4) is 0 Å². The number of furan rings is 1. The molecule has 0 unspecified atom stereocenters. The van der Waals surface area contributed by atoms with Gasteiger partial charge in [0, 0.05) is 0 Å². The molecule has 3 aromatic rings. The predicted octanol–water partition coefficient (Wildman–Crippen LogP) is 2.01. The topological polar surface area (TPSA) is 35.1 Å². The van der Waals surface area contributed by atoms with Gasteiger partial charge in [-0.3, -0.25) is 0 Å². The van der Waals surface area contributed by atoms with E-state index in [2.05, 4.69) is 13.0 Å². The van der Waals surface area contributed by atoms with Gasteiger partial charge in [0.25, 0.3) is 0 Å². The molecule has 1 aromatic carbocycles. The van der Waals surface area contributed by atoms with Crippen LogP contribution in [0.25, 0.3) is 9.65 Å². The van der Waals surface area contributed by atoms with Crippen molar-refractivity contribution in [3.05, 3.63) is 58.3 Å². The second kappa shape index (κ2) is 4.06. The summed E-state index contributed by atoms with van der Waals surface area (Å²) < 4.78 is 8.37. The van der Waals surface area contributed by atoms with Crippen LogP contribution < -0.4 is 5.56 Å². The maximum absolute atomic E-state index is 12.2. The third kappa shape index (κ3) is 1.79. The van der Waals surface area contributed by atoms with E-state index in [0.717, 1.165) is 11.1 Å². The molecular weight excluding hydrogens is 281 g/mol. The summed E-state index contributed by atoms with van der Waals surface area (Å²) in [5.74, 6) is 0.839. The average Bonchev–Trinajstić information content (AvgIpc) is 2.92. The first-order chi connectivity index (χ1) is 8.25. The Morgan fingerprint density at radius 1 is 1.29 bits per heavy atom. The van der Waals surface area contributed by atoms with Gasteiger partial charge in [0.2, 0.25) is 0 Å². The SMILES string of the molecule is Cc1cccc2c(=O)n(Cc3ccco3)[se]c12. The molecule has 0 aliphatic carbocycles. The zero-order valence-electron chi connectivity index (χ0n) is 9.34. The van der Waals surface area contributed by atoms with Crippen molar-refractivity contribution < 1.29 is 4.42 Å². The number of hydrogen-bond donors (Lipinski definition) is 0. The van der Waals surface area contributed by atoms with E-state index >= 15 is 0 Å². The Kier molecular flexibility index (Phi) is 2.54. The summed E-state index contributed by atoms with van der Waals surface area (Å²) in [5.41, 5.74) is 1.33. The maximum atomic E-state index is 12.2. The van der Waals surface area contributed by atoms with Gasteiger partial charge in [-0.1, -0.05) is 0 Å². The van der Waals surface area contributed by atoms with Gasteiger partial charge in [-0.25, -0.2) is 0 Å². The van der Waals surface area contributed by atoms with Gasteiger partial charge in [-0.2, -0.15) is 0 Å². The first-order valence-corrected chi connectivity index (χ1v) is 7.00. The van der Waals surface area contributed by atoms with Gasteiger partial charge in [0.15, 0.2) is 0 Å². The fraction of sp³-hybridized carbons (Fsp3) is 0.154. The number of benzene rings is 1. The molecule has 17 heavy (non-hydrogen) atoms. The van der Waals surface area contributed by atoms with Crippen LogP contribution in [0.3, 0.4) is 0 Å². The zero-order chi connectivity index (χ0) is 11.8. The van der Waals surface area contributed by atoms with Gasteiger partial charge in [-0.15, -0.1) is 0 Å². The number of aryl methyl sites for hydroxylation is 1. The van der Waals surface area contributed by atoms with E-state index < -0.39 is 0 Å². The molecule has 3 nitrogen and oxygen atoms in total. The van der Waals surface area contributed by atoms with E-state index in [1.54, 1.807) is 6.26 Å². The predicted molar refractivity (Wildman–Crippen MR) is 67.7 cm³/mol. The summed E-state index contributed by atoms with van der Waals surface area (Å²) in [5, 5.41) is 0.858. The summed E-state index contributed by atoms with van der Waals surface area (Å²) in [4.78, 5) is 12.2. The summed E-state index contributed by atoms with van der Waals surface area (Å²) in [7, 11) is 0. The second-order valence-corrected chi connectivity index (χ2v) is 6.13. The summed E-state index contributed by atoms with van der Waals surface area (Å²) in [6.07, 6.45) is 1.64. The van der Waals surface area contributed by atoms with Crippen molar-refractivity contribution in [2.45, 2.75) is 13.5 Å². The first kappa shape index (κ1) is 10.6. The van der Waals surface area contributed by atoms with Crippen LogP contribution in [0.1, 0.15) is 11.3 Å². The van der Waals surface area contributed by atoms with Gasteiger partial charge in [0.1, 0.15) is 0 Å². The number of hydrogen-bond acceptors (Lipinski definition) is 2. The molecule has 2 heterocycles. The number of nitrogens with zero attached hydrogens (tertiary/aromatic N) is 1. The molecule has 3 rings (SSSR count). The van der Waals surface area contributed by atoms with Crippen LogP contribution in [-0.4, -0.2) is 18.3 Å². The van der Waals surface area contributed by atoms with Crippen molar-refractivity contribution in [2.24, 2.45) is 0 Å². The Labute approximate surface area is 104 Å². The quantitative estimate of drug-likeness (QED) is 0.677. The zero-order valence-corrected chi connectivity index (χ0v) is 11.1. The van der Waals surface area contributed by atoms with E-state index in [1.807, 2.05) is 27.8 Å². The summed E-state index contributed by atoms with van der Waals surface area (Å²) in [6.45, 7) is 2.63. The molecule has 0 bridgehead atoms. The first-order valence-electron chi connectivity index (χ1n) is 5.37. The second-order valence-electron chi connectivity index (χ2n) is 3.96. The molecule has 2 aromatic heterocycles. The van der Waals surface area contributed by atoms with E-state index in [9.17, 15) is 4.79 Å². The minimum absolute atomic E-state index is 0.0740. The van der Waals surface area contributed by atoms with Crippen LogP contribution in [0.15, 0.2) is 45.8 Å². The molecule has 0 saturated carbocycles. The molecule has 4 heteroatoms. The molecular formula is C13H11NO2Se. The van der Waals surface area contributed by atoms with Gasteiger partial charge < -0.3 is 0 Å². The third-order valence-electron chi connectivity index (χ3n) is 2.75. The molecule has 0 fully saturated rings. The fourth-order valence-corrected chi connectivity index (χ4v) is 4.10. The Bertz CT molecular complexity index is 707. The number of fused-ring (bicyclic) bond motifs is 1. The summed E-state index contributed by atoms with van der Waals surface area (Å²) in [6, 6.07) is 9.66. The fourth-order valence-electron chi connectivity index (χ4n) is 1.88. The monoisotopic (exact) mass is 293 g/mol. The molecule has 0 aliphatic rings. The Balaban J connectivity index is 2.15. The van der Waals surface area contributed by atoms with E-state index in [0.29, 0.717) is 6.54 Å². The van der Waals surface area contributed by atoms with Crippen LogP contribution in [-0.2, 0) is 6.54 Å². The van der Waals surface area contributed by atoms with E-state index in [1.165, 1.54) is 9.82 Å². The van der Waals surface area contributed by atoms with Crippen molar-refractivity contribution in [2.75, 3.05) is 0 Å². The van der Waals surface area contributed by atoms with Gasteiger partial charge >= 0.3 is 104 Å². The number of rotatable bonds is 2. The van der Waals surface area contributed by atoms with Gasteiger partial charge in [0.05, 0.1) is 0 Å².